The van der Waals surface area contributed by atoms with Gasteiger partial charge in [0.2, 0.25) is 5.13 Å². The molecule has 4 rings (SSSR count). The summed E-state index contributed by atoms with van der Waals surface area (Å²) in [4.78, 5) is 4.74. The van der Waals surface area contributed by atoms with Crippen LogP contribution in [-0.2, 0) is 16.6 Å². The Morgan fingerprint density at radius 1 is 1.19 bits per heavy atom. The van der Waals surface area contributed by atoms with Gasteiger partial charge in [0, 0.05) is 36.2 Å². The van der Waals surface area contributed by atoms with Gasteiger partial charge in [-0.3, -0.25) is 9.62 Å². The van der Waals surface area contributed by atoms with Gasteiger partial charge >= 0.3 is 0 Å². The van der Waals surface area contributed by atoms with Crippen LogP contribution in [0.5, 0.6) is 0 Å². The molecule has 1 aliphatic rings. The topological polar surface area (TPSA) is 75.2 Å². The van der Waals surface area contributed by atoms with Crippen molar-refractivity contribution in [3.8, 4) is 0 Å². The van der Waals surface area contributed by atoms with Crippen molar-refractivity contribution in [2.45, 2.75) is 36.5 Å². The molecular weight excluding hydrogens is 449 g/mol. The van der Waals surface area contributed by atoms with E-state index in [-0.39, 0.29) is 36.1 Å². The SMILES string of the molecule is O=S(=O)(Nc1ncns1)c1cc(F)cc(CN2CC[C@@H](F)C[C@H]2c2ccccc2)c1F. The molecule has 2 aromatic carbocycles. The number of anilines is 1. The first-order valence-electron chi connectivity index (χ1n) is 9.54. The van der Waals surface area contributed by atoms with Gasteiger partial charge in [0.25, 0.3) is 10.0 Å². The summed E-state index contributed by atoms with van der Waals surface area (Å²) in [7, 11) is -4.41. The van der Waals surface area contributed by atoms with Gasteiger partial charge in [-0.05, 0) is 30.5 Å². The van der Waals surface area contributed by atoms with Gasteiger partial charge in [0.15, 0.2) is 0 Å². The number of hydrogen-bond donors (Lipinski definition) is 1. The van der Waals surface area contributed by atoms with Crippen LogP contribution in [0.3, 0.4) is 0 Å². The molecule has 1 aliphatic heterocycles. The summed E-state index contributed by atoms with van der Waals surface area (Å²) in [5.41, 5.74) is 0.753. The number of aromatic nitrogens is 2. The van der Waals surface area contributed by atoms with Gasteiger partial charge in [-0.15, -0.1) is 0 Å². The summed E-state index contributed by atoms with van der Waals surface area (Å²) in [5.74, 6) is -1.93. The highest BCUT2D eigenvalue weighted by Crippen LogP contribution is 2.34. The second kappa shape index (κ2) is 8.93. The third-order valence-electron chi connectivity index (χ3n) is 5.16. The fraction of sp³-hybridized carbons (Fsp3) is 0.300. The molecule has 31 heavy (non-hydrogen) atoms. The lowest BCUT2D eigenvalue weighted by Crippen LogP contribution is -2.37. The Balaban J connectivity index is 1.65. The van der Waals surface area contributed by atoms with Crippen LogP contribution in [0.2, 0.25) is 0 Å². The summed E-state index contributed by atoms with van der Waals surface area (Å²) in [5, 5.41) is -0.0561. The van der Waals surface area contributed by atoms with E-state index in [9.17, 15) is 17.2 Å². The molecule has 164 valence electrons. The maximum absolute atomic E-state index is 15.2. The predicted octanol–water partition coefficient (Wildman–Crippen LogP) is 4.29. The monoisotopic (exact) mass is 468 g/mol. The first kappa shape index (κ1) is 21.7. The quantitative estimate of drug-likeness (QED) is 0.584. The first-order chi connectivity index (χ1) is 14.8. The van der Waals surface area contributed by atoms with Crippen LogP contribution in [0.15, 0.2) is 53.7 Å². The van der Waals surface area contributed by atoms with Crippen LogP contribution in [0.1, 0.15) is 30.0 Å². The number of rotatable bonds is 6. The Kier molecular flexibility index (Phi) is 6.26. The zero-order valence-corrected chi connectivity index (χ0v) is 17.8. The van der Waals surface area contributed by atoms with E-state index in [0.29, 0.717) is 12.6 Å². The van der Waals surface area contributed by atoms with Gasteiger partial charge in [-0.1, -0.05) is 30.3 Å². The van der Waals surface area contributed by atoms with Crippen molar-refractivity contribution in [2.75, 3.05) is 11.3 Å². The summed E-state index contributed by atoms with van der Waals surface area (Å²) < 4.78 is 74.6. The number of alkyl halides is 1. The number of sulfonamides is 1. The smallest absolute Gasteiger partial charge is 0.266 e. The Morgan fingerprint density at radius 2 is 1.97 bits per heavy atom. The van der Waals surface area contributed by atoms with Crippen LogP contribution < -0.4 is 4.72 Å². The maximum atomic E-state index is 15.2. The van der Waals surface area contributed by atoms with Crippen molar-refractivity contribution in [2.24, 2.45) is 0 Å². The number of benzene rings is 2. The third-order valence-corrected chi connectivity index (χ3v) is 7.21. The minimum absolute atomic E-state index is 0.0561. The van der Waals surface area contributed by atoms with E-state index in [0.717, 1.165) is 29.5 Å². The summed E-state index contributed by atoms with van der Waals surface area (Å²) in [6.07, 6.45) is 0.647. The van der Waals surface area contributed by atoms with E-state index in [1.807, 2.05) is 35.2 Å². The molecule has 2 heterocycles. The molecule has 1 saturated heterocycles. The van der Waals surface area contributed by atoms with Crippen molar-refractivity contribution in [3.63, 3.8) is 0 Å². The molecule has 1 fully saturated rings. The van der Waals surface area contributed by atoms with Gasteiger partial charge in [0.05, 0.1) is 0 Å². The summed E-state index contributed by atoms with van der Waals surface area (Å²) in [6, 6.07) is 10.5. The molecule has 0 spiro atoms. The summed E-state index contributed by atoms with van der Waals surface area (Å²) in [6.45, 7) is 0.277. The largest absolute Gasteiger partial charge is 0.292 e. The highest BCUT2D eigenvalue weighted by atomic mass is 32.2. The fourth-order valence-corrected chi connectivity index (χ4v) is 5.51. The predicted molar refractivity (Wildman–Crippen MR) is 111 cm³/mol. The third kappa shape index (κ3) is 4.89. The molecule has 11 heteroatoms. The van der Waals surface area contributed by atoms with Crippen molar-refractivity contribution in [1.82, 2.24) is 14.3 Å². The van der Waals surface area contributed by atoms with Gasteiger partial charge < -0.3 is 0 Å². The van der Waals surface area contributed by atoms with Crippen molar-refractivity contribution >= 4 is 26.7 Å². The second-order valence-corrected chi connectivity index (χ2v) is 9.68. The molecule has 2 atom stereocenters. The lowest BCUT2D eigenvalue weighted by molar-refractivity contribution is 0.0824. The van der Waals surface area contributed by atoms with E-state index in [1.54, 1.807) is 0 Å². The minimum Gasteiger partial charge on any atom is -0.292 e. The van der Waals surface area contributed by atoms with Crippen LogP contribution in [-0.4, -0.2) is 35.4 Å². The Morgan fingerprint density at radius 3 is 2.68 bits per heavy atom. The van der Waals surface area contributed by atoms with Crippen LogP contribution in [0, 0.1) is 11.6 Å². The van der Waals surface area contributed by atoms with Crippen LogP contribution >= 0.6 is 11.5 Å². The number of piperidine rings is 1. The van der Waals surface area contributed by atoms with E-state index < -0.39 is 32.7 Å². The average molecular weight is 469 g/mol. The van der Waals surface area contributed by atoms with Crippen LogP contribution in [0.25, 0.3) is 0 Å². The molecular formula is C20H19F3N4O2S2. The number of hydrogen-bond acceptors (Lipinski definition) is 6. The van der Waals surface area contributed by atoms with Gasteiger partial charge in [-0.2, -0.15) is 4.37 Å². The van der Waals surface area contributed by atoms with Gasteiger partial charge in [-0.25, -0.2) is 26.6 Å². The zero-order valence-electron chi connectivity index (χ0n) is 16.2. The molecule has 0 amide bonds. The molecule has 0 radical (unpaired) electrons. The highest BCUT2D eigenvalue weighted by Gasteiger charge is 2.31. The standard InChI is InChI=1S/C20H19F3N4O2S2/c21-15-6-7-27(17(9-15)13-4-2-1-3-5-13)11-14-8-16(22)10-18(19(14)23)31(28,29)26-20-24-12-25-30-20/h1-5,8,10,12,15,17H,6-7,9,11H2,(H,24,25,26)/t15-,17+/m1/s1. The normalized spacial score (nSPS) is 20.0. The molecule has 1 aromatic heterocycles. The number of nitrogens with zero attached hydrogens (tertiary/aromatic N) is 3. The highest BCUT2D eigenvalue weighted by molar-refractivity contribution is 7.93. The van der Waals surface area contributed by atoms with E-state index in [4.69, 9.17) is 0 Å². The summed E-state index contributed by atoms with van der Waals surface area (Å²) >= 11 is 0.774. The Hall–Kier alpha value is -2.50. The number of likely N-dealkylation sites (tertiary alicyclic amines) is 1. The van der Waals surface area contributed by atoms with E-state index >= 15 is 4.39 Å². The van der Waals surface area contributed by atoms with E-state index in [1.165, 1.54) is 0 Å². The lowest BCUT2D eigenvalue weighted by Gasteiger charge is -2.37. The maximum Gasteiger partial charge on any atom is 0.266 e. The Bertz CT molecular complexity index is 1140. The molecule has 0 unspecified atom stereocenters. The molecule has 0 aliphatic carbocycles. The van der Waals surface area contributed by atoms with Crippen molar-refractivity contribution < 1.29 is 21.6 Å². The molecule has 1 N–H and O–H groups in total. The zero-order chi connectivity index (χ0) is 22.0. The van der Waals surface area contributed by atoms with Crippen LogP contribution in [0.4, 0.5) is 18.3 Å². The molecule has 0 bridgehead atoms. The fourth-order valence-electron chi connectivity index (χ4n) is 3.72. The minimum atomic E-state index is -4.41. The van der Waals surface area contributed by atoms with Crippen molar-refractivity contribution in [1.29, 1.82) is 0 Å². The molecule has 6 nitrogen and oxygen atoms in total. The lowest BCUT2D eigenvalue weighted by atomic mass is 9.93. The van der Waals surface area contributed by atoms with Crippen molar-refractivity contribution in [3.05, 3.63) is 71.6 Å². The average Bonchev–Trinajstić information content (AvgIpc) is 3.24. The molecule has 0 saturated carbocycles. The molecule has 3 aromatic rings. The number of halogens is 3. The first-order valence-corrected chi connectivity index (χ1v) is 11.8. The second-order valence-electron chi connectivity index (χ2n) is 7.25. The van der Waals surface area contributed by atoms with Gasteiger partial charge in [0.1, 0.15) is 29.0 Å². The Labute approximate surface area is 182 Å². The van der Waals surface area contributed by atoms with E-state index in [2.05, 4.69) is 14.1 Å². The number of nitrogens with one attached hydrogen (secondary N) is 1.